The number of fused-ring (bicyclic) bond motifs is 8. The Balaban J connectivity index is 0.000000134. The molecule has 10 heteroatoms. The number of hydrogen-bond acceptors (Lipinski definition) is 8. The number of benzene rings is 3. The average molecular weight is 931 g/mol. The summed E-state index contributed by atoms with van der Waals surface area (Å²) in [5, 5.41) is 20.0. The molecule has 68 heavy (non-hydrogen) atoms. The van der Waals surface area contributed by atoms with Crippen molar-refractivity contribution >= 4 is 17.6 Å². The summed E-state index contributed by atoms with van der Waals surface area (Å²) in [7, 11) is 0. The van der Waals surface area contributed by atoms with Crippen LogP contribution in [-0.2, 0) is 34.0 Å². The SMILES string of the molecule is CC.CC(=O)NC1(C)CC2CCC(C1)N2.CC(=O)NC1(C)CC2CCC(C1)N2Cc1ccccc1.CC1(O)CC2CCC(C1)N2Cc1ccccc1.O=C1CC2CCC(C1)N2Cc1ccccc1. The van der Waals surface area contributed by atoms with E-state index in [-0.39, 0.29) is 22.9 Å². The molecule has 10 nitrogen and oxygen atoms in total. The van der Waals surface area contributed by atoms with Gasteiger partial charge in [0, 0.05) is 106 Å². The quantitative estimate of drug-likeness (QED) is 0.177. The molecule has 3 aromatic rings. The Labute approximate surface area is 409 Å². The molecule has 8 heterocycles. The Morgan fingerprint density at radius 1 is 0.515 bits per heavy atom. The van der Waals surface area contributed by atoms with Crippen LogP contribution in [0, 0.1) is 0 Å². The predicted octanol–water partition coefficient (Wildman–Crippen LogP) is 9.48. The summed E-state index contributed by atoms with van der Waals surface area (Å²) < 4.78 is 0. The molecule has 3 aromatic carbocycles. The van der Waals surface area contributed by atoms with Gasteiger partial charge in [-0.15, -0.1) is 0 Å². The number of carbonyl (C=O) groups is 3. The first-order valence-electron chi connectivity index (χ1n) is 26.6. The fourth-order valence-corrected chi connectivity index (χ4v) is 13.8. The summed E-state index contributed by atoms with van der Waals surface area (Å²) in [6, 6.07) is 36.7. The fourth-order valence-electron chi connectivity index (χ4n) is 13.8. The van der Waals surface area contributed by atoms with Crippen molar-refractivity contribution in [3.63, 3.8) is 0 Å². The Bertz CT molecular complexity index is 2010. The fraction of sp³-hybridized carbons (Fsp3) is 0.638. The highest BCUT2D eigenvalue weighted by atomic mass is 16.3. The largest absolute Gasteiger partial charge is 0.390 e. The van der Waals surface area contributed by atoms with E-state index in [0.717, 1.165) is 71.0 Å². The lowest BCUT2D eigenvalue weighted by atomic mass is 9.84. The van der Waals surface area contributed by atoms with Crippen LogP contribution in [0.5, 0.6) is 0 Å². The van der Waals surface area contributed by atoms with Crippen LogP contribution in [0.25, 0.3) is 0 Å². The van der Waals surface area contributed by atoms with Gasteiger partial charge in [-0.2, -0.15) is 0 Å². The van der Waals surface area contributed by atoms with Crippen LogP contribution in [0.2, 0.25) is 0 Å². The minimum absolute atomic E-state index is 0.00907. The van der Waals surface area contributed by atoms with Gasteiger partial charge in [-0.25, -0.2) is 0 Å². The molecule has 8 aliphatic rings. The molecule has 8 unspecified atom stereocenters. The maximum absolute atomic E-state index is 11.5. The number of Topliss-reactive ketones (excluding diaryl/α,β-unsaturated/α-hetero) is 1. The Morgan fingerprint density at radius 3 is 1.18 bits per heavy atom. The van der Waals surface area contributed by atoms with E-state index in [1.165, 1.54) is 68.1 Å². The van der Waals surface area contributed by atoms with E-state index in [1.807, 2.05) is 20.8 Å². The van der Waals surface area contributed by atoms with Gasteiger partial charge in [0.05, 0.1) is 5.60 Å². The first-order chi connectivity index (χ1) is 32.6. The maximum Gasteiger partial charge on any atom is 0.217 e. The van der Waals surface area contributed by atoms with Crippen molar-refractivity contribution < 1.29 is 19.5 Å². The molecular weight excluding hydrogens is 845 g/mol. The lowest BCUT2D eigenvalue weighted by molar-refractivity contribution is -0.124. The van der Waals surface area contributed by atoms with Gasteiger partial charge in [0.1, 0.15) is 5.78 Å². The van der Waals surface area contributed by atoms with Crippen LogP contribution in [0.3, 0.4) is 0 Å². The molecule has 8 fully saturated rings. The van der Waals surface area contributed by atoms with Crippen molar-refractivity contribution in [3.05, 3.63) is 108 Å². The molecule has 4 N–H and O–H groups in total. The van der Waals surface area contributed by atoms with Gasteiger partial charge < -0.3 is 21.1 Å². The number of carbonyl (C=O) groups excluding carboxylic acids is 3. The number of nitrogens with one attached hydrogen (secondary N) is 3. The minimum Gasteiger partial charge on any atom is -0.390 e. The smallest absolute Gasteiger partial charge is 0.217 e. The summed E-state index contributed by atoms with van der Waals surface area (Å²) >= 11 is 0. The lowest BCUT2D eigenvalue weighted by Crippen LogP contribution is -2.56. The zero-order valence-corrected chi connectivity index (χ0v) is 42.7. The molecule has 8 bridgehead atoms. The highest BCUT2D eigenvalue weighted by molar-refractivity contribution is 5.81. The maximum atomic E-state index is 11.5. The second kappa shape index (κ2) is 23.3. The predicted molar refractivity (Wildman–Crippen MR) is 275 cm³/mol. The number of ketones is 1. The number of hydrogen-bond donors (Lipinski definition) is 4. The van der Waals surface area contributed by atoms with E-state index < -0.39 is 5.60 Å². The monoisotopic (exact) mass is 931 g/mol. The molecule has 0 radical (unpaired) electrons. The summed E-state index contributed by atoms with van der Waals surface area (Å²) in [6.07, 6.45) is 17.8. The van der Waals surface area contributed by atoms with Crippen molar-refractivity contribution in [2.24, 2.45) is 0 Å². The van der Waals surface area contributed by atoms with Crippen LogP contribution in [0.15, 0.2) is 91.0 Å². The number of rotatable bonds is 8. The number of piperidine rings is 4. The molecule has 2 amide bonds. The molecule has 0 aromatic heterocycles. The van der Waals surface area contributed by atoms with Gasteiger partial charge in [0.2, 0.25) is 11.8 Å². The van der Waals surface area contributed by atoms with Gasteiger partial charge >= 0.3 is 0 Å². The van der Waals surface area contributed by atoms with Crippen LogP contribution < -0.4 is 16.0 Å². The molecule has 0 saturated carbocycles. The number of nitrogens with zero attached hydrogens (tertiary/aromatic N) is 3. The first kappa shape index (κ1) is 51.9. The van der Waals surface area contributed by atoms with Gasteiger partial charge in [-0.3, -0.25) is 29.1 Å². The number of amides is 2. The third-order valence-corrected chi connectivity index (χ3v) is 16.3. The van der Waals surface area contributed by atoms with Gasteiger partial charge in [-0.05, 0) is 127 Å². The first-order valence-corrected chi connectivity index (χ1v) is 26.6. The minimum atomic E-state index is -0.432. The van der Waals surface area contributed by atoms with Crippen molar-refractivity contribution in [2.45, 2.75) is 236 Å². The molecule has 8 aliphatic heterocycles. The van der Waals surface area contributed by atoms with Crippen molar-refractivity contribution in [2.75, 3.05) is 0 Å². The third-order valence-electron chi connectivity index (χ3n) is 16.3. The molecule has 372 valence electrons. The Kier molecular flexibility index (Phi) is 17.8. The topological polar surface area (TPSA) is 117 Å². The summed E-state index contributed by atoms with van der Waals surface area (Å²) in [4.78, 5) is 41.7. The average Bonchev–Trinajstić information content (AvgIpc) is 3.94. The molecule has 11 rings (SSSR count). The van der Waals surface area contributed by atoms with Crippen molar-refractivity contribution in [1.82, 2.24) is 30.7 Å². The molecule has 8 atom stereocenters. The summed E-state index contributed by atoms with van der Waals surface area (Å²) in [6.45, 7) is 16.7. The summed E-state index contributed by atoms with van der Waals surface area (Å²) in [5.41, 5.74) is 3.76. The van der Waals surface area contributed by atoms with E-state index in [0.29, 0.717) is 54.1 Å². The molecule has 0 spiro atoms. The zero-order chi connectivity index (χ0) is 48.5. The van der Waals surface area contributed by atoms with E-state index >= 15 is 0 Å². The van der Waals surface area contributed by atoms with E-state index in [2.05, 4.69) is 135 Å². The molecule has 0 aliphatic carbocycles. The molecular formula is C58H86N6O4. The van der Waals surface area contributed by atoms with Crippen LogP contribution >= 0.6 is 0 Å². The summed E-state index contributed by atoms with van der Waals surface area (Å²) in [5.74, 6) is 0.670. The van der Waals surface area contributed by atoms with Gasteiger partial charge in [-0.1, -0.05) is 105 Å². The second-order valence-corrected chi connectivity index (χ2v) is 22.4. The third kappa shape index (κ3) is 14.1. The Morgan fingerprint density at radius 2 is 0.824 bits per heavy atom. The van der Waals surface area contributed by atoms with Gasteiger partial charge in [0.15, 0.2) is 0 Å². The van der Waals surface area contributed by atoms with E-state index in [1.54, 1.807) is 13.8 Å². The normalized spacial score (nSPS) is 34.4. The standard InChI is InChI=1S/C17H24N2O.C15H21NO.C14H17NO.C10H18N2O.C2H6/c1-13(20)18-17(2)10-15-8-9-16(11-17)19(15)12-14-6-4-3-5-7-14;1-15(17)9-13-7-8-14(10-15)16(13)11-12-5-3-2-4-6-12;16-14-8-12-6-7-13(9-14)15(12)10-11-4-2-1-3-5-11;1-7(13)12-10(2)5-8-3-4-9(6-10)11-8;1-2/h3-7,15-16H,8-12H2,1-2H3,(H,18,20);2-6,13-14,17H,7-11H2,1H3;1-5,12-13H,6-10H2;8-9,11H,3-6H2,1-2H3,(H,12,13);1-2H3. The van der Waals surface area contributed by atoms with Crippen molar-refractivity contribution in [3.8, 4) is 0 Å². The Hall–Kier alpha value is -3.93. The van der Waals surface area contributed by atoms with Crippen LogP contribution in [0.4, 0.5) is 0 Å². The van der Waals surface area contributed by atoms with Crippen LogP contribution in [0.1, 0.15) is 168 Å². The van der Waals surface area contributed by atoms with E-state index in [4.69, 9.17) is 0 Å². The highest BCUT2D eigenvalue weighted by Crippen LogP contribution is 2.43. The lowest BCUT2D eigenvalue weighted by Gasteiger charge is -2.45. The van der Waals surface area contributed by atoms with Crippen molar-refractivity contribution in [1.29, 1.82) is 0 Å². The molecule has 8 saturated heterocycles. The van der Waals surface area contributed by atoms with Gasteiger partial charge in [0.25, 0.3) is 0 Å². The van der Waals surface area contributed by atoms with Crippen LogP contribution in [-0.4, -0.2) is 102 Å². The highest BCUT2D eigenvalue weighted by Gasteiger charge is 2.47. The number of aliphatic hydroxyl groups is 1. The second-order valence-electron chi connectivity index (χ2n) is 22.4. The zero-order valence-electron chi connectivity index (χ0n) is 42.7. The van der Waals surface area contributed by atoms with E-state index in [9.17, 15) is 19.5 Å².